The summed E-state index contributed by atoms with van der Waals surface area (Å²) in [6, 6.07) is 4.68. The minimum atomic E-state index is -1.11. The van der Waals surface area contributed by atoms with Crippen LogP contribution < -0.4 is 16.0 Å². The number of halogens is 3. The number of benzene rings is 1. The number of fused-ring (bicyclic) bond motifs is 1. The van der Waals surface area contributed by atoms with Crippen LogP contribution in [0.15, 0.2) is 24.4 Å². The first-order valence-corrected chi connectivity index (χ1v) is 8.68. The normalized spacial score (nSPS) is 22.4. The summed E-state index contributed by atoms with van der Waals surface area (Å²) in [5.74, 6) is -1.61. The molecule has 8 heteroatoms. The van der Waals surface area contributed by atoms with Crippen LogP contribution in [0, 0.1) is 11.6 Å². The van der Waals surface area contributed by atoms with Gasteiger partial charge in [0.25, 0.3) is 5.91 Å². The molecule has 5 nitrogen and oxygen atoms in total. The first kappa shape index (κ1) is 17.2. The molecule has 2 aliphatic heterocycles. The van der Waals surface area contributed by atoms with E-state index in [9.17, 15) is 9.18 Å². The second-order valence-electron chi connectivity index (χ2n) is 6.83. The highest BCUT2D eigenvalue weighted by molar-refractivity contribution is 6.30. The second-order valence-corrected chi connectivity index (χ2v) is 7.23. The summed E-state index contributed by atoms with van der Waals surface area (Å²) in [5, 5.41) is 8.76. The molecule has 1 aromatic carbocycles. The van der Waals surface area contributed by atoms with E-state index in [2.05, 4.69) is 20.9 Å². The molecule has 1 amide bonds. The van der Waals surface area contributed by atoms with Crippen molar-refractivity contribution in [2.45, 2.75) is 18.4 Å². The average molecular weight is 379 g/mol. The van der Waals surface area contributed by atoms with Gasteiger partial charge in [-0.15, -0.1) is 0 Å². The monoisotopic (exact) mass is 378 g/mol. The third kappa shape index (κ3) is 2.54. The molecule has 0 unspecified atom stereocenters. The van der Waals surface area contributed by atoms with Crippen LogP contribution in [-0.2, 0) is 5.41 Å². The fourth-order valence-electron chi connectivity index (χ4n) is 3.48. The number of rotatable bonds is 3. The van der Waals surface area contributed by atoms with E-state index >= 15 is 4.39 Å². The fourth-order valence-corrected chi connectivity index (χ4v) is 3.66. The van der Waals surface area contributed by atoms with Gasteiger partial charge < -0.3 is 16.0 Å². The summed E-state index contributed by atoms with van der Waals surface area (Å²) in [6.45, 7) is 3.16. The highest BCUT2D eigenvalue weighted by atomic mass is 35.5. The number of hydrogen-bond donors (Lipinski definition) is 3. The Kier molecular flexibility index (Phi) is 4.08. The van der Waals surface area contributed by atoms with Gasteiger partial charge in [0.05, 0.1) is 16.6 Å². The quantitative estimate of drug-likeness (QED) is 0.767. The van der Waals surface area contributed by atoms with Crippen LogP contribution in [0.1, 0.15) is 28.4 Å². The Morgan fingerprint density at radius 2 is 2.08 bits per heavy atom. The third-order valence-corrected chi connectivity index (χ3v) is 5.38. The van der Waals surface area contributed by atoms with Crippen molar-refractivity contribution in [3.05, 3.63) is 57.7 Å². The lowest BCUT2D eigenvalue weighted by molar-refractivity contribution is 0.0930. The topological polar surface area (TPSA) is 66.0 Å². The molecular weight excluding hydrogens is 362 g/mol. The van der Waals surface area contributed by atoms with Gasteiger partial charge in [-0.1, -0.05) is 23.7 Å². The maximum atomic E-state index is 15.4. The van der Waals surface area contributed by atoms with Gasteiger partial charge in [0.15, 0.2) is 11.6 Å². The molecule has 0 radical (unpaired) electrons. The Hall–Kier alpha value is -2.25. The molecule has 0 spiro atoms. The van der Waals surface area contributed by atoms with E-state index < -0.39 is 23.0 Å². The number of hydrogen-bond acceptors (Lipinski definition) is 4. The zero-order valence-corrected chi connectivity index (χ0v) is 14.8. The van der Waals surface area contributed by atoms with E-state index in [0.717, 1.165) is 0 Å². The van der Waals surface area contributed by atoms with Crippen molar-refractivity contribution in [2.75, 3.05) is 25.0 Å². The minimum Gasteiger partial charge on any atom is -0.362 e. The van der Waals surface area contributed by atoms with Gasteiger partial charge in [0.2, 0.25) is 0 Å². The first-order valence-electron chi connectivity index (χ1n) is 8.30. The molecule has 136 valence electrons. The Balaban J connectivity index is 1.89. The van der Waals surface area contributed by atoms with Crippen LogP contribution in [-0.4, -0.2) is 36.6 Å². The third-order valence-electron chi connectivity index (χ3n) is 5.09. The van der Waals surface area contributed by atoms with Crippen molar-refractivity contribution in [1.82, 2.24) is 15.6 Å². The zero-order valence-electron chi connectivity index (χ0n) is 14.0. The van der Waals surface area contributed by atoms with E-state index in [1.165, 1.54) is 12.3 Å². The molecule has 0 saturated carbocycles. The lowest BCUT2D eigenvalue weighted by atomic mass is 9.72. The molecule has 26 heavy (non-hydrogen) atoms. The van der Waals surface area contributed by atoms with Crippen LogP contribution >= 0.6 is 11.6 Å². The molecule has 2 aromatic rings. The summed E-state index contributed by atoms with van der Waals surface area (Å²) in [5.41, 5.74) is -0.646. The van der Waals surface area contributed by atoms with Gasteiger partial charge >= 0.3 is 0 Å². The number of nitrogens with zero attached hydrogens (tertiary/aromatic N) is 1. The molecule has 3 heterocycles. The van der Waals surface area contributed by atoms with Crippen LogP contribution in [0.2, 0.25) is 5.02 Å². The summed E-state index contributed by atoms with van der Waals surface area (Å²) in [6.07, 6.45) is 1.34. The highest BCUT2D eigenvalue weighted by Gasteiger charge is 2.43. The summed E-state index contributed by atoms with van der Waals surface area (Å²) in [4.78, 5) is 16.3. The van der Waals surface area contributed by atoms with Gasteiger partial charge in [-0.05, 0) is 13.0 Å². The predicted octanol–water partition coefficient (Wildman–Crippen LogP) is 2.45. The number of nitrogens with one attached hydrogen (secondary N) is 3. The molecule has 0 aliphatic carbocycles. The average Bonchev–Trinajstić information content (AvgIpc) is 2.58. The molecule has 3 N–H and O–H groups in total. The highest BCUT2D eigenvalue weighted by Crippen LogP contribution is 2.41. The molecule has 4 rings (SSSR count). The van der Waals surface area contributed by atoms with Crippen molar-refractivity contribution in [3.8, 4) is 0 Å². The smallest absolute Gasteiger partial charge is 0.253 e. The predicted molar refractivity (Wildman–Crippen MR) is 94.7 cm³/mol. The largest absolute Gasteiger partial charge is 0.362 e. The van der Waals surface area contributed by atoms with Crippen molar-refractivity contribution in [2.24, 2.45) is 0 Å². The Morgan fingerprint density at radius 1 is 1.31 bits per heavy atom. The first-order chi connectivity index (χ1) is 12.4. The van der Waals surface area contributed by atoms with E-state index in [4.69, 9.17) is 11.6 Å². The van der Waals surface area contributed by atoms with Gasteiger partial charge in [-0.25, -0.2) is 13.8 Å². The van der Waals surface area contributed by atoms with Gasteiger partial charge in [-0.3, -0.25) is 4.79 Å². The van der Waals surface area contributed by atoms with Crippen LogP contribution in [0.3, 0.4) is 0 Å². The Bertz CT molecular complexity index is 903. The van der Waals surface area contributed by atoms with Gasteiger partial charge in [-0.2, -0.15) is 0 Å². The Morgan fingerprint density at radius 3 is 2.77 bits per heavy atom. The summed E-state index contributed by atoms with van der Waals surface area (Å²) >= 11 is 5.93. The van der Waals surface area contributed by atoms with Crippen LogP contribution in [0.4, 0.5) is 14.6 Å². The van der Waals surface area contributed by atoms with E-state index in [0.29, 0.717) is 13.1 Å². The lowest BCUT2D eigenvalue weighted by Gasteiger charge is -2.37. The van der Waals surface area contributed by atoms with Crippen molar-refractivity contribution >= 4 is 23.3 Å². The van der Waals surface area contributed by atoms with Crippen molar-refractivity contribution in [3.63, 3.8) is 0 Å². The molecular formula is C18H17ClF2N4O. The number of carbonyl (C=O) groups is 1. The fraction of sp³-hybridized carbons (Fsp3) is 0.333. The van der Waals surface area contributed by atoms with E-state index in [1.807, 2.05) is 0 Å². The van der Waals surface area contributed by atoms with Crippen LogP contribution in [0.25, 0.3) is 0 Å². The summed E-state index contributed by atoms with van der Waals surface area (Å²) < 4.78 is 30.1. The van der Waals surface area contributed by atoms with Crippen molar-refractivity contribution < 1.29 is 13.6 Å². The standard InChI is InChI=1S/C18H17ClF2N4O/c1-18(11-3-2-4-12(19)14(11)20)8-24-17(26)10-7-23-16(15(21)13(10)18)25-9-5-22-6-9/h2-4,7,9,22H,5-6,8H2,1H3,(H,23,25)(H,24,26)/t18-/m1/s1. The SMILES string of the molecule is C[C@]1(c2cccc(Cl)c2F)CNC(=O)c2cnc(NC3CNC3)c(F)c21. The molecule has 1 fully saturated rings. The molecule has 0 bridgehead atoms. The number of aromatic nitrogens is 1. The maximum absolute atomic E-state index is 15.4. The van der Waals surface area contributed by atoms with Crippen molar-refractivity contribution in [1.29, 1.82) is 0 Å². The van der Waals surface area contributed by atoms with E-state index in [1.54, 1.807) is 19.1 Å². The van der Waals surface area contributed by atoms with Gasteiger partial charge in [0.1, 0.15) is 5.82 Å². The van der Waals surface area contributed by atoms with E-state index in [-0.39, 0.29) is 40.1 Å². The minimum absolute atomic E-state index is 0.0458. The number of amides is 1. The molecule has 1 aromatic heterocycles. The van der Waals surface area contributed by atoms with Gasteiger partial charge in [0, 0.05) is 42.4 Å². The second kappa shape index (κ2) is 6.17. The summed E-state index contributed by atoms with van der Waals surface area (Å²) in [7, 11) is 0. The van der Waals surface area contributed by atoms with Crippen LogP contribution in [0.5, 0.6) is 0 Å². The number of anilines is 1. The molecule has 1 atom stereocenters. The Labute approximate surface area is 154 Å². The molecule has 2 aliphatic rings. The lowest BCUT2D eigenvalue weighted by Crippen LogP contribution is -2.52. The number of carbonyl (C=O) groups excluding carboxylic acids is 1. The zero-order chi connectivity index (χ0) is 18.5. The molecule has 1 saturated heterocycles. The maximum Gasteiger partial charge on any atom is 0.253 e. The number of pyridine rings is 1.